The first-order valence-corrected chi connectivity index (χ1v) is 6.18. The van der Waals surface area contributed by atoms with Crippen molar-refractivity contribution >= 4 is 0 Å². The van der Waals surface area contributed by atoms with Crippen LogP contribution in [0.25, 0.3) is 0 Å². The zero-order valence-corrected chi connectivity index (χ0v) is 9.56. The maximum absolute atomic E-state index is 6.06. The molecule has 1 spiro atoms. The van der Waals surface area contributed by atoms with Crippen LogP contribution >= 0.6 is 0 Å². The van der Waals surface area contributed by atoms with Crippen molar-refractivity contribution in [2.24, 2.45) is 5.92 Å². The van der Waals surface area contributed by atoms with Gasteiger partial charge in [-0.3, -0.25) is 4.68 Å². The molecule has 0 amide bonds. The van der Waals surface area contributed by atoms with Crippen molar-refractivity contribution in [3.05, 3.63) is 18.5 Å². The lowest BCUT2D eigenvalue weighted by Crippen LogP contribution is -2.41. The standard InChI is InChI=1S/C12H19N3O/c1-4-14-15(7-1)9-11-8-12(16-10-11)2-5-13-6-3-12/h1,4,7,11,13H,2-3,5-6,8-10H2. The number of hydrogen-bond acceptors (Lipinski definition) is 3. The predicted octanol–water partition coefficient (Wildman–Crippen LogP) is 1.04. The van der Waals surface area contributed by atoms with Gasteiger partial charge >= 0.3 is 0 Å². The van der Waals surface area contributed by atoms with Crippen molar-refractivity contribution in [1.82, 2.24) is 15.1 Å². The Morgan fingerprint density at radius 1 is 1.44 bits per heavy atom. The van der Waals surface area contributed by atoms with Gasteiger partial charge in [-0.1, -0.05) is 0 Å². The summed E-state index contributed by atoms with van der Waals surface area (Å²) in [6, 6.07) is 1.98. The lowest BCUT2D eigenvalue weighted by Gasteiger charge is -2.33. The molecular weight excluding hydrogens is 202 g/mol. The van der Waals surface area contributed by atoms with Crippen molar-refractivity contribution in [3.8, 4) is 0 Å². The van der Waals surface area contributed by atoms with E-state index in [1.807, 2.05) is 23.1 Å². The highest BCUT2D eigenvalue weighted by molar-refractivity contribution is 4.93. The third-order valence-electron chi connectivity index (χ3n) is 3.81. The molecule has 1 aromatic heterocycles. The Bertz CT molecular complexity index is 330. The van der Waals surface area contributed by atoms with Crippen molar-refractivity contribution in [2.45, 2.75) is 31.4 Å². The molecule has 88 valence electrons. The molecule has 3 heterocycles. The van der Waals surface area contributed by atoms with E-state index in [1.54, 1.807) is 0 Å². The molecule has 1 atom stereocenters. The second-order valence-electron chi connectivity index (χ2n) is 5.04. The van der Waals surface area contributed by atoms with E-state index in [4.69, 9.17) is 4.74 Å². The Kier molecular flexibility index (Phi) is 2.69. The lowest BCUT2D eigenvalue weighted by molar-refractivity contribution is -0.0198. The molecule has 0 radical (unpaired) electrons. The summed E-state index contributed by atoms with van der Waals surface area (Å²) in [7, 11) is 0. The fourth-order valence-electron chi connectivity index (χ4n) is 2.96. The van der Waals surface area contributed by atoms with Crippen LogP contribution < -0.4 is 5.32 Å². The van der Waals surface area contributed by atoms with E-state index in [1.165, 1.54) is 19.3 Å². The number of rotatable bonds is 2. The number of hydrogen-bond donors (Lipinski definition) is 1. The molecule has 3 rings (SSSR count). The minimum absolute atomic E-state index is 0.184. The average Bonchev–Trinajstić information content (AvgIpc) is 2.92. The Labute approximate surface area is 96.0 Å². The third-order valence-corrected chi connectivity index (χ3v) is 3.81. The van der Waals surface area contributed by atoms with E-state index in [2.05, 4.69) is 10.4 Å². The maximum atomic E-state index is 6.06. The molecule has 0 aliphatic carbocycles. The summed E-state index contributed by atoms with van der Waals surface area (Å²) in [5.41, 5.74) is 0.184. The molecule has 1 aromatic rings. The van der Waals surface area contributed by atoms with Gasteiger partial charge in [0.1, 0.15) is 0 Å². The van der Waals surface area contributed by atoms with E-state index in [-0.39, 0.29) is 5.60 Å². The first-order valence-electron chi connectivity index (χ1n) is 6.18. The molecule has 4 nitrogen and oxygen atoms in total. The van der Waals surface area contributed by atoms with Crippen molar-refractivity contribution < 1.29 is 4.74 Å². The van der Waals surface area contributed by atoms with Gasteiger partial charge in [-0.2, -0.15) is 5.10 Å². The van der Waals surface area contributed by atoms with Gasteiger partial charge in [-0.25, -0.2) is 0 Å². The summed E-state index contributed by atoms with van der Waals surface area (Å²) in [5.74, 6) is 0.637. The zero-order chi connectivity index (χ0) is 10.8. The normalized spacial score (nSPS) is 28.6. The molecule has 2 saturated heterocycles. The van der Waals surface area contributed by atoms with Crippen LogP contribution in [-0.4, -0.2) is 35.1 Å². The first-order chi connectivity index (χ1) is 7.86. The zero-order valence-electron chi connectivity index (χ0n) is 9.56. The van der Waals surface area contributed by atoms with Gasteiger partial charge < -0.3 is 10.1 Å². The first kappa shape index (κ1) is 10.3. The number of nitrogens with one attached hydrogen (secondary N) is 1. The summed E-state index contributed by atoms with van der Waals surface area (Å²) in [6.45, 7) is 4.12. The molecule has 0 bridgehead atoms. The summed E-state index contributed by atoms with van der Waals surface area (Å²) in [4.78, 5) is 0. The number of aromatic nitrogens is 2. The molecule has 0 aromatic carbocycles. The van der Waals surface area contributed by atoms with Gasteiger partial charge in [0, 0.05) is 24.9 Å². The Morgan fingerprint density at radius 3 is 3.06 bits per heavy atom. The Morgan fingerprint density at radius 2 is 2.31 bits per heavy atom. The number of nitrogens with zero attached hydrogens (tertiary/aromatic N) is 2. The summed E-state index contributed by atoms with van der Waals surface area (Å²) < 4.78 is 8.08. The highest BCUT2D eigenvalue weighted by Gasteiger charge is 2.40. The summed E-state index contributed by atoms with van der Waals surface area (Å²) in [5, 5.41) is 7.66. The monoisotopic (exact) mass is 221 g/mol. The molecule has 2 aliphatic heterocycles. The molecule has 0 saturated carbocycles. The lowest BCUT2D eigenvalue weighted by atomic mass is 9.86. The van der Waals surface area contributed by atoms with Gasteiger partial charge in [0.05, 0.1) is 12.2 Å². The van der Waals surface area contributed by atoms with Crippen LogP contribution in [0, 0.1) is 5.92 Å². The van der Waals surface area contributed by atoms with Crippen LogP contribution in [0.4, 0.5) is 0 Å². The van der Waals surface area contributed by atoms with E-state index in [0.29, 0.717) is 5.92 Å². The van der Waals surface area contributed by atoms with Gasteiger partial charge in [0.15, 0.2) is 0 Å². The van der Waals surface area contributed by atoms with E-state index in [9.17, 15) is 0 Å². The molecule has 4 heteroatoms. The SMILES string of the molecule is c1cnn(CC2COC3(CCNCC3)C2)c1. The molecule has 1 N–H and O–H groups in total. The summed E-state index contributed by atoms with van der Waals surface area (Å²) in [6.07, 6.45) is 7.42. The molecule has 2 fully saturated rings. The van der Waals surface area contributed by atoms with Crippen LogP contribution in [0.1, 0.15) is 19.3 Å². The van der Waals surface area contributed by atoms with Crippen LogP contribution in [0.2, 0.25) is 0 Å². The highest BCUT2D eigenvalue weighted by Crippen LogP contribution is 2.37. The van der Waals surface area contributed by atoms with Crippen molar-refractivity contribution in [2.75, 3.05) is 19.7 Å². The van der Waals surface area contributed by atoms with Crippen LogP contribution in [0.3, 0.4) is 0 Å². The smallest absolute Gasteiger partial charge is 0.0711 e. The van der Waals surface area contributed by atoms with E-state index in [0.717, 1.165) is 26.2 Å². The van der Waals surface area contributed by atoms with Crippen LogP contribution in [0.5, 0.6) is 0 Å². The topological polar surface area (TPSA) is 39.1 Å². The Balaban J connectivity index is 1.60. The maximum Gasteiger partial charge on any atom is 0.0711 e. The Hall–Kier alpha value is -0.870. The second kappa shape index (κ2) is 4.18. The van der Waals surface area contributed by atoms with Crippen molar-refractivity contribution in [1.29, 1.82) is 0 Å². The minimum atomic E-state index is 0.184. The second-order valence-corrected chi connectivity index (χ2v) is 5.04. The third kappa shape index (κ3) is 1.99. The minimum Gasteiger partial charge on any atom is -0.375 e. The highest BCUT2D eigenvalue weighted by atomic mass is 16.5. The summed E-state index contributed by atoms with van der Waals surface area (Å²) >= 11 is 0. The van der Waals surface area contributed by atoms with Crippen LogP contribution in [0.15, 0.2) is 18.5 Å². The molecule has 16 heavy (non-hydrogen) atoms. The number of piperidine rings is 1. The quantitative estimate of drug-likeness (QED) is 0.811. The van der Waals surface area contributed by atoms with E-state index >= 15 is 0 Å². The number of ether oxygens (including phenoxy) is 1. The van der Waals surface area contributed by atoms with Gasteiger partial charge in [-0.05, 0) is 38.4 Å². The van der Waals surface area contributed by atoms with Crippen LogP contribution in [-0.2, 0) is 11.3 Å². The predicted molar refractivity (Wildman–Crippen MR) is 61.1 cm³/mol. The fraction of sp³-hybridized carbons (Fsp3) is 0.750. The largest absolute Gasteiger partial charge is 0.375 e. The molecule has 1 unspecified atom stereocenters. The molecule has 2 aliphatic rings. The molecular formula is C12H19N3O. The van der Waals surface area contributed by atoms with E-state index < -0.39 is 0 Å². The fourth-order valence-corrected chi connectivity index (χ4v) is 2.96. The van der Waals surface area contributed by atoms with Crippen molar-refractivity contribution in [3.63, 3.8) is 0 Å². The average molecular weight is 221 g/mol. The van der Waals surface area contributed by atoms with Gasteiger partial charge in [0.25, 0.3) is 0 Å². The van der Waals surface area contributed by atoms with Gasteiger partial charge in [-0.15, -0.1) is 0 Å². The van der Waals surface area contributed by atoms with Gasteiger partial charge in [0.2, 0.25) is 0 Å².